The number of thioether (sulfide) groups is 1. The lowest BCUT2D eigenvalue weighted by atomic mass is 10.1. The number of carbonyl (C=O) groups is 1. The Morgan fingerprint density at radius 1 is 0.949 bits per heavy atom. The molecule has 3 aromatic carbocycles. The van der Waals surface area contributed by atoms with Gasteiger partial charge in [0.15, 0.2) is 22.5 Å². The van der Waals surface area contributed by atoms with Gasteiger partial charge in [-0.2, -0.15) is 5.10 Å². The molecule has 4 aromatic rings. The molecule has 0 fully saturated rings. The van der Waals surface area contributed by atoms with Crippen LogP contribution < -0.4 is 19.6 Å². The average Bonchev–Trinajstić information content (AvgIpc) is 3.39. The molecule has 0 saturated heterocycles. The van der Waals surface area contributed by atoms with Gasteiger partial charge in [0, 0.05) is 11.3 Å². The summed E-state index contributed by atoms with van der Waals surface area (Å²) in [4.78, 5) is 12.6. The van der Waals surface area contributed by atoms with E-state index in [1.807, 2.05) is 34.9 Å². The van der Waals surface area contributed by atoms with Crippen LogP contribution in [0.5, 0.6) is 17.2 Å². The molecule has 0 atom stereocenters. The second-order valence-corrected chi connectivity index (χ2v) is 9.80. The maximum atomic E-state index is 12.6. The molecule has 1 heterocycles. The van der Waals surface area contributed by atoms with Crippen LogP contribution in [0.1, 0.15) is 12.5 Å². The lowest BCUT2D eigenvalue weighted by Gasteiger charge is -2.15. The molecule has 0 spiro atoms. The highest BCUT2D eigenvalue weighted by Gasteiger charge is 2.21. The zero-order valence-corrected chi connectivity index (χ0v) is 23.9. The topological polar surface area (TPSA) is 99.9 Å². The van der Waals surface area contributed by atoms with Crippen LogP contribution in [0.4, 0.5) is 0 Å². The maximum Gasteiger partial charge on any atom is 0.250 e. The number of nitrogens with zero attached hydrogens (tertiary/aromatic N) is 4. The van der Waals surface area contributed by atoms with Gasteiger partial charge in [0.2, 0.25) is 5.75 Å². The number of hydrogen-bond donors (Lipinski definition) is 1. The number of hydrazone groups is 1. The first-order valence-electron chi connectivity index (χ1n) is 11.6. The number of nitrogens with one attached hydrogen (secondary N) is 1. The van der Waals surface area contributed by atoms with Crippen molar-refractivity contribution in [2.75, 3.05) is 27.1 Å². The number of aromatic nitrogens is 3. The summed E-state index contributed by atoms with van der Waals surface area (Å²) < 4.78 is 18.3. The molecule has 1 aromatic heterocycles. The minimum atomic E-state index is -0.309. The summed E-state index contributed by atoms with van der Waals surface area (Å²) in [6, 6.07) is 18.3. The molecule has 0 aliphatic heterocycles. The summed E-state index contributed by atoms with van der Waals surface area (Å²) >= 11 is 13.3. The second kappa shape index (κ2) is 12.9. The van der Waals surface area contributed by atoms with Crippen LogP contribution in [0.3, 0.4) is 0 Å². The molecule has 0 radical (unpaired) electrons. The van der Waals surface area contributed by atoms with Gasteiger partial charge in [0.25, 0.3) is 5.91 Å². The zero-order valence-electron chi connectivity index (χ0n) is 21.6. The van der Waals surface area contributed by atoms with Gasteiger partial charge < -0.3 is 14.2 Å². The maximum absolute atomic E-state index is 12.6. The zero-order chi connectivity index (χ0) is 27.9. The fourth-order valence-corrected chi connectivity index (χ4v) is 4.71. The first-order valence-corrected chi connectivity index (χ1v) is 13.3. The Bertz CT molecular complexity index is 1490. The van der Waals surface area contributed by atoms with E-state index in [1.54, 1.807) is 58.6 Å². The van der Waals surface area contributed by atoms with Gasteiger partial charge in [-0.25, -0.2) is 5.43 Å². The third-order valence-electron chi connectivity index (χ3n) is 5.59. The summed E-state index contributed by atoms with van der Waals surface area (Å²) in [7, 11) is 4.64. The molecule has 202 valence electrons. The molecule has 1 amide bonds. The van der Waals surface area contributed by atoms with Crippen molar-refractivity contribution in [1.29, 1.82) is 0 Å². The minimum absolute atomic E-state index is 0.0539. The Kier molecular flexibility index (Phi) is 9.34. The van der Waals surface area contributed by atoms with Crippen molar-refractivity contribution in [2.24, 2.45) is 5.10 Å². The number of halogens is 2. The number of carbonyl (C=O) groups excluding carboxylic acids is 1. The molecule has 39 heavy (non-hydrogen) atoms. The Labute approximate surface area is 240 Å². The highest BCUT2D eigenvalue weighted by atomic mass is 35.5. The summed E-state index contributed by atoms with van der Waals surface area (Å²) in [5, 5.41) is 14.4. The van der Waals surface area contributed by atoms with Gasteiger partial charge in [-0.3, -0.25) is 9.36 Å². The van der Waals surface area contributed by atoms with Crippen molar-refractivity contribution < 1.29 is 19.0 Å². The van der Waals surface area contributed by atoms with Crippen molar-refractivity contribution in [1.82, 2.24) is 20.2 Å². The number of methoxy groups -OCH3 is 3. The SMILES string of the molecule is COc1cc(-c2nnc(SCC(=O)N/N=C(\C)c3ccc(Cl)c(Cl)c3)n2-c2ccccc2)cc(OC)c1OC. The summed E-state index contributed by atoms with van der Waals surface area (Å²) in [5.41, 5.74) is 5.42. The van der Waals surface area contributed by atoms with E-state index in [9.17, 15) is 4.79 Å². The molecule has 1 N–H and O–H groups in total. The predicted octanol–water partition coefficient (Wildman–Crippen LogP) is 5.90. The van der Waals surface area contributed by atoms with Gasteiger partial charge in [-0.05, 0) is 48.9 Å². The second-order valence-electron chi connectivity index (χ2n) is 8.04. The van der Waals surface area contributed by atoms with E-state index in [0.29, 0.717) is 49.5 Å². The summed E-state index contributed by atoms with van der Waals surface area (Å²) in [5.74, 6) is 1.72. The average molecular weight is 587 g/mol. The first kappa shape index (κ1) is 28.3. The summed E-state index contributed by atoms with van der Waals surface area (Å²) in [6.07, 6.45) is 0. The first-order chi connectivity index (χ1) is 18.9. The number of hydrogen-bond acceptors (Lipinski definition) is 8. The van der Waals surface area contributed by atoms with Crippen molar-refractivity contribution in [3.63, 3.8) is 0 Å². The Hall–Kier alpha value is -3.73. The highest BCUT2D eigenvalue weighted by molar-refractivity contribution is 7.99. The van der Waals surface area contributed by atoms with E-state index in [4.69, 9.17) is 37.4 Å². The van der Waals surface area contributed by atoms with Crippen LogP contribution in [0, 0.1) is 0 Å². The van der Waals surface area contributed by atoms with Gasteiger partial charge in [0.05, 0.1) is 42.8 Å². The number of rotatable bonds is 10. The quantitative estimate of drug-likeness (QED) is 0.140. The van der Waals surface area contributed by atoms with Crippen molar-refractivity contribution in [3.05, 3.63) is 76.3 Å². The van der Waals surface area contributed by atoms with Crippen LogP contribution in [-0.4, -0.2) is 53.5 Å². The highest BCUT2D eigenvalue weighted by Crippen LogP contribution is 2.41. The molecule has 4 rings (SSSR count). The van der Waals surface area contributed by atoms with E-state index in [1.165, 1.54) is 11.8 Å². The van der Waals surface area contributed by atoms with Crippen molar-refractivity contribution >= 4 is 46.6 Å². The molecule has 12 heteroatoms. The fourth-order valence-electron chi connectivity index (χ4n) is 3.66. The Morgan fingerprint density at radius 2 is 1.64 bits per heavy atom. The third kappa shape index (κ3) is 6.47. The normalized spacial score (nSPS) is 11.3. The Balaban J connectivity index is 1.60. The lowest BCUT2D eigenvalue weighted by molar-refractivity contribution is -0.118. The van der Waals surface area contributed by atoms with Crippen LogP contribution in [0.25, 0.3) is 17.1 Å². The fraction of sp³-hybridized carbons (Fsp3) is 0.185. The molecule has 0 aliphatic rings. The third-order valence-corrected chi connectivity index (χ3v) is 7.26. The lowest BCUT2D eigenvalue weighted by Crippen LogP contribution is -2.21. The smallest absolute Gasteiger partial charge is 0.250 e. The van der Waals surface area contributed by atoms with E-state index in [2.05, 4.69) is 20.7 Å². The van der Waals surface area contributed by atoms with Crippen LogP contribution in [0.2, 0.25) is 10.0 Å². The standard InChI is InChI=1S/C27H25Cl2N5O4S/c1-16(17-10-11-20(28)21(29)12-17)30-31-24(35)15-39-27-33-32-26(34(27)19-8-6-5-7-9-19)18-13-22(36-2)25(38-4)23(14-18)37-3/h5-14H,15H2,1-4H3,(H,31,35)/b30-16+. The van der Waals surface area contributed by atoms with Gasteiger partial charge in [-0.1, -0.05) is 59.2 Å². The number of benzene rings is 3. The number of ether oxygens (including phenoxy) is 3. The van der Waals surface area contributed by atoms with E-state index >= 15 is 0 Å². The number of amides is 1. The van der Waals surface area contributed by atoms with Crippen LogP contribution in [0.15, 0.2) is 70.9 Å². The van der Waals surface area contributed by atoms with E-state index in [0.717, 1.165) is 11.3 Å². The Morgan fingerprint density at radius 3 is 2.26 bits per heavy atom. The van der Waals surface area contributed by atoms with E-state index < -0.39 is 0 Å². The van der Waals surface area contributed by atoms with Crippen molar-refractivity contribution in [2.45, 2.75) is 12.1 Å². The molecule has 0 bridgehead atoms. The summed E-state index contributed by atoms with van der Waals surface area (Å²) in [6.45, 7) is 1.77. The monoisotopic (exact) mass is 585 g/mol. The molecule has 0 aliphatic carbocycles. The largest absolute Gasteiger partial charge is 0.493 e. The minimum Gasteiger partial charge on any atom is -0.493 e. The molecular formula is C27H25Cl2N5O4S. The van der Waals surface area contributed by atoms with Crippen LogP contribution >= 0.6 is 35.0 Å². The molecule has 0 unspecified atom stereocenters. The molecule has 9 nitrogen and oxygen atoms in total. The molecule has 0 saturated carbocycles. The van der Waals surface area contributed by atoms with Gasteiger partial charge in [-0.15, -0.1) is 10.2 Å². The van der Waals surface area contributed by atoms with Gasteiger partial charge >= 0.3 is 0 Å². The van der Waals surface area contributed by atoms with Gasteiger partial charge in [0.1, 0.15) is 0 Å². The number of para-hydroxylation sites is 1. The molecular weight excluding hydrogens is 561 g/mol. The van der Waals surface area contributed by atoms with Crippen LogP contribution in [-0.2, 0) is 4.79 Å². The van der Waals surface area contributed by atoms with E-state index in [-0.39, 0.29) is 11.7 Å². The predicted molar refractivity (Wildman–Crippen MR) is 154 cm³/mol. The van der Waals surface area contributed by atoms with Crippen molar-refractivity contribution in [3.8, 4) is 34.3 Å².